The zero-order valence-corrected chi connectivity index (χ0v) is 15.3. The Morgan fingerprint density at radius 1 is 1.17 bits per heavy atom. The van der Waals surface area contributed by atoms with Crippen LogP contribution in [-0.2, 0) is 19.8 Å². The SMILES string of the molecule is Cn1c(NCc2ccccc2C(F)(F)F)nc(C=c2ccc3c(c2)C=NN=3)c1O. The molecule has 0 aliphatic carbocycles. The molecule has 2 aromatic carbocycles. The van der Waals surface area contributed by atoms with E-state index in [4.69, 9.17) is 0 Å². The van der Waals surface area contributed by atoms with Crippen LogP contribution < -0.4 is 15.9 Å². The molecule has 1 aliphatic rings. The predicted molar refractivity (Wildman–Crippen MR) is 102 cm³/mol. The topological polar surface area (TPSA) is 74.8 Å². The number of alkyl halides is 3. The maximum absolute atomic E-state index is 13.1. The van der Waals surface area contributed by atoms with E-state index in [0.717, 1.165) is 22.2 Å². The number of nitrogens with one attached hydrogen (secondary N) is 1. The molecule has 2 heterocycles. The van der Waals surface area contributed by atoms with E-state index in [-0.39, 0.29) is 23.9 Å². The van der Waals surface area contributed by atoms with Crippen molar-refractivity contribution in [1.29, 1.82) is 0 Å². The standard InChI is InChI=1S/C20H16F3N5O/c1-28-18(29)17(9-12-6-7-16-14(8-12)11-25-27-16)26-19(28)24-10-13-4-2-3-5-15(13)20(21,22)23/h2-9,11,29H,10H2,1H3,(H,24,26). The summed E-state index contributed by atoms with van der Waals surface area (Å²) in [6.45, 7) is -0.0871. The van der Waals surface area contributed by atoms with E-state index in [1.165, 1.54) is 16.7 Å². The van der Waals surface area contributed by atoms with E-state index in [1.807, 2.05) is 12.1 Å². The van der Waals surface area contributed by atoms with Gasteiger partial charge in [0.15, 0.2) is 0 Å². The molecule has 0 atom stereocenters. The van der Waals surface area contributed by atoms with Crippen molar-refractivity contribution >= 4 is 18.2 Å². The molecule has 0 unspecified atom stereocenters. The lowest BCUT2D eigenvalue weighted by Crippen LogP contribution is -2.13. The van der Waals surface area contributed by atoms with Crippen molar-refractivity contribution in [3.63, 3.8) is 0 Å². The molecule has 0 saturated carbocycles. The minimum atomic E-state index is -4.44. The van der Waals surface area contributed by atoms with Crippen LogP contribution in [0.1, 0.15) is 22.4 Å². The van der Waals surface area contributed by atoms with Gasteiger partial charge in [-0.05, 0) is 35.1 Å². The molecular formula is C20H16F3N5O. The Bertz CT molecular complexity index is 1230. The van der Waals surface area contributed by atoms with Crippen LogP contribution in [-0.4, -0.2) is 20.9 Å². The first-order valence-corrected chi connectivity index (χ1v) is 8.70. The third-order valence-electron chi connectivity index (χ3n) is 4.57. The third kappa shape index (κ3) is 3.71. The summed E-state index contributed by atoms with van der Waals surface area (Å²) in [6.07, 6.45) is -1.13. The Morgan fingerprint density at radius 2 is 1.97 bits per heavy atom. The van der Waals surface area contributed by atoms with E-state index in [2.05, 4.69) is 20.5 Å². The van der Waals surface area contributed by atoms with Gasteiger partial charge in [0, 0.05) is 19.2 Å². The third-order valence-corrected chi connectivity index (χ3v) is 4.57. The molecule has 0 saturated heterocycles. The molecule has 1 aliphatic heterocycles. The quantitative estimate of drug-likeness (QED) is 0.708. The summed E-state index contributed by atoms with van der Waals surface area (Å²) in [5.41, 5.74) is 0.542. The largest absolute Gasteiger partial charge is 0.493 e. The number of hydrogen-bond donors (Lipinski definition) is 2. The van der Waals surface area contributed by atoms with Crippen molar-refractivity contribution in [3.8, 4) is 5.88 Å². The van der Waals surface area contributed by atoms with Crippen LogP contribution in [0.3, 0.4) is 0 Å². The molecule has 148 valence electrons. The van der Waals surface area contributed by atoms with Gasteiger partial charge in [0.25, 0.3) is 0 Å². The number of anilines is 1. The second kappa shape index (κ2) is 7.08. The van der Waals surface area contributed by atoms with Crippen molar-refractivity contribution in [2.24, 2.45) is 17.3 Å². The summed E-state index contributed by atoms with van der Waals surface area (Å²) < 4.78 is 40.8. The van der Waals surface area contributed by atoms with Gasteiger partial charge in [-0.15, -0.1) is 0 Å². The fraction of sp³-hybridized carbons (Fsp3) is 0.150. The molecule has 0 fully saturated rings. The lowest BCUT2D eigenvalue weighted by Gasteiger charge is -2.13. The van der Waals surface area contributed by atoms with Gasteiger partial charge in [0.1, 0.15) is 5.69 Å². The smallest absolute Gasteiger partial charge is 0.416 e. The predicted octanol–water partition coefficient (Wildman–Crippen LogP) is 2.55. The molecule has 2 N–H and O–H groups in total. The van der Waals surface area contributed by atoms with Crippen molar-refractivity contribution in [2.45, 2.75) is 12.7 Å². The van der Waals surface area contributed by atoms with Gasteiger partial charge in [-0.1, -0.05) is 24.3 Å². The summed E-state index contributed by atoms with van der Waals surface area (Å²) in [6, 6.07) is 10.8. The van der Waals surface area contributed by atoms with E-state index in [9.17, 15) is 18.3 Å². The second-order valence-electron chi connectivity index (χ2n) is 6.52. The fourth-order valence-corrected chi connectivity index (χ4v) is 3.06. The van der Waals surface area contributed by atoms with Gasteiger partial charge < -0.3 is 10.4 Å². The number of fused-ring (bicyclic) bond motifs is 1. The monoisotopic (exact) mass is 399 g/mol. The maximum Gasteiger partial charge on any atom is 0.416 e. The van der Waals surface area contributed by atoms with Gasteiger partial charge in [-0.2, -0.15) is 23.4 Å². The number of aromatic hydroxyl groups is 1. The number of rotatable bonds is 4. The van der Waals surface area contributed by atoms with Crippen molar-refractivity contribution in [2.75, 3.05) is 5.32 Å². The Labute approximate surface area is 163 Å². The number of hydrogen-bond acceptors (Lipinski definition) is 5. The Morgan fingerprint density at radius 3 is 2.76 bits per heavy atom. The Hall–Kier alpha value is -3.62. The first kappa shape index (κ1) is 18.7. The average molecular weight is 399 g/mol. The minimum Gasteiger partial charge on any atom is -0.493 e. The van der Waals surface area contributed by atoms with Crippen LogP contribution in [0.5, 0.6) is 5.88 Å². The molecule has 6 nitrogen and oxygen atoms in total. The highest BCUT2D eigenvalue weighted by atomic mass is 19.4. The minimum absolute atomic E-state index is 0.0871. The highest BCUT2D eigenvalue weighted by molar-refractivity contribution is 5.80. The van der Waals surface area contributed by atoms with Gasteiger partial charge in [0.05, 0.1) is 17.1 Å². The molecule has 3 aromatic rings. The highest BCUT2D eigenvalue weighted by Gasteiger charge is 2.32. The fourth-order valence-electron chi connectivity index (χ4n) is 3.06. The van der Waals surface area contributed by atoms with E-state index in [0.29, 0.717) is 5.69 Å². The molecule has 0 amide bonds. The zero-order valence-electron chi connectivity index (χ0n) is 15.3. The van der Waals surface area contributed by atoms with Crippen molar-refractivity contribution in [1.82, 2.24) is 9.55 Å². The van der Waals surface area contributed by atoms with E-state index < -0.39 is 11.7 Å². The van der Waals surface area contributed by atoms with Crippen LogP contribution in [0.4, 0.5) is 19.1 Å². The average Bonchev–Trinajstić information content (AvgIpc) is 3.26. The van der Waals surface area contributed by atoms with Crippen LogP contribution in [0, 0.1) is 0 Å². The molecule has 4 rings (SSSR count). The van der Waals surface area contributed by atoms with E-state index in [1.54, 1.807) is 31.5 Å². The summed E-state index contributed by atoms with van der Waals surface area (Å²) in [4.78, 5) is 4.31. The number of halogens is 3. The molecule has 0 radical (unpaired) electrons. The maximum atomic E-state index is 13.1. The lowest BCUT2D eigenvalue weighted by molar-refractivity contribution is -0.138. The molecule has 9 heteroatoms. The van der Waals surface area contributed by atoms with Crippen LogP contribution in [0.25, 0.3) is 6.08 Å². The van der Waals surface area contributed by atoms with Crippen molar-refractivity contribution in [3.05, 3.63) is 75.4 Å². The molecular weight excluding hydrogens is 383 g/mol. The number of imidazole rings is 1. The second-order valence-corrected chi connectivity index (χ2v) is 6.52. The Balaban J connectivity index is 1.61. The number of nitrogens with zero attached hydrogens (tertiary/aromatic N) is 4. The summed E-state index contributed by atoms with van der Waals surface area (Å²) in [5, 5.41) is 22.6. The molecule has 0 bridgehead atoms. The highest BCUT2D eigenvalue weighted by Crippen LogP contribution is 2.32. The first-order chi connectivity index (χ1) is 13.8. The molecule has 0 spiro atoms. The lowest BCUT2D eigenvalue weighted by atomic mass is 10.1. The Kier molecular flexibility index (Phi) is 4.57. The number of benzene rings is 2. The molecule has 1 aromatic heterocycles. The van der Waals surface area contributed by atoms with Crippen LogP contribution in [0.15, 0.2) is 52.7 Å². The summed E-state index contributed by atoms with van der Waals surface area (Å²) in [7, 11) is 1.58. The van der Waals surface area contributed by atoms with Gasteiger partial charge in [-0.25, -0.2) is 4.98 Å². The summed E-state index contributed by atoms with van der Waals surface area (Å²) in [5.74, 6) is 0.152. The molecule has 29 heavy (non-hydrogen) atoms. The van der Waals surface area contributed by atoms with Gasteiger partial charge in [0.2, 0.25) is 11.8 Å². The van der Waals surface area contributed by atoms with Gasteiger partial charge in [-0.3, -0.25) is 4.57 Å². The zero-order chi connectivity index (χ0) is 20.6. The van der Waals surface area contributed by atoms with Crippen LogP contribution >= 0.6 is 0 Å². The number of aromatic nitrogens is 2. The van der Waals surface area contributed by atoms with Gasteiger partial charge >= 0.3 is 6.18 Å². The first-order valence-electron chi connectivity index (χ1n) is 8.70. The van der Waals surface area contributed by atoms with Crippen LogP contribution in [0.2, 0.25) is 0 Å². The van der Waals surface area contributed by atoms with E-state index >= 15 is 0 Å². The van der Waals surface area contributed by atoms with Crippen molar-refractivity contribution < 1.29 is 18.3 Å². The normalized spacial score (nSPS) is 13.4. The summed E-state index contributed by atoms with van der Waals surface area (Å²) >= 11 is 0.